The van der Waals surface area contributed by atoms with Gasteiger partial charge in [-0.15, -0.1) is 0 Å². The van der Waals surface area contributed by atoms with E-state index in [1.807, 2.05) is 0 Å². The molecular formula is C13H22O4. The number of hydrogen-bond donors (Lipinski definition) is 2. The molecule has 0 amide bonds. The summed E-state index contributed by atoms with van der Waals surface area (Å²) in [5.74, 6) is -0.483. The zero-order chi connectivity index (χ0) is 12.5. The van der Waals surface area contributed by atoms with Crippen LogP contribution in [0.1, 0.15) is 45.4 Å². The van der Waals surface area contributed by atoms with Crippen LogP contribution in [0, 0.1) is 11.3 Å². The van der Waals surface area contributed by atoms with Gasteiger partial charge in [0.05, 0.1) is 12.0 Å². The fourth-order valence-electron chi connectivity index (χ4n) is 3.52. The summed E-state index contributed by atoms with van der Waals surface area (Å²) in [6.45, 7) is 2.88. The maximum Gasteiger partial charge on any atom is 0.312 e. The van der Waals surface area contributed by atoms with Crippen LogP contribution in [0.15, 0.2) is 0 Å². The lowest BCUT2D eigenvalue weighted by Gasteiger charge is -2.49. The Kier molecular flexibility index (Phi) is 3.46. The van der Waals surface area contributed by atoms with E-state index in [1.165, 1.54) is 0 Å². The van der Waals surface area contributed by atoms with E-state index >= 15 is 0 Å². The highest BCUT2D eigenvalue weighted by Gasteiger charge is 2.57. The lowest BCUT2D eigenvalue weighted by molar-refractivity contribution is -0.201. The third kappa shape index (κ3) is 2.08. The molecule has 98 valence electrons. The van der Waals surface area contributed by atoms with Crippen molar-refractivity contribution in [3.05, 3.63) is 0 Å². The van der Waals surface area contributed by atoms with Crippen molar-refractivity contribution in [2.45, 2.75) is 51.0 Å². The first-order chi connectivity index (χ1) is 8.00. The first kappa shape index (κ1) is 12.8. The summed E-state index contributed by atoms with van der Waals surface area (Å²) in [5, 5.41) is 20.3. The van der Waals surface area contributed by atoms with E-state index in [1.54, 1.807) is 0 Å². The first-order valence-corrected chi connectivity index (χ1v) is 6.54. The van der Waals surface area contributed by atoms with Crippen molar-refractivity contribution in [2.75, 3.05) is 13.2 Å². The predicted molar refractivity (Wildman–Crippen MR) is 62.7 cm³/mol. The van der Waals surface area contributed by atoms with Crippen molar-refractivity contribution in [3.8, 4) is 0 Å². The quantitative estimate of drug-likeness (QED) is 0.775. The van der Waals surface area contributed by atoms with Crippen LogP contribution in [0.3, 0.4) is 0 Å². The summed E-state index contributed by atoms with van der Waals surface area (Å²) in [6, 6.07) is 0. The average Bonchev–Trinajstić information content (AvgIpc) is 2.29. The van der Waals surface area contributed by atoms with Gasteiger partial charge in [0.15, 0.2) is 0 Å². The number of carbonyl (C=O) groups is 1. The second kappa shape index (κ2) is 4.58. The van der Waals surface area contributed by atoms with Crippen LogP contribution in [0.25, 0.3) is 0 Å². The molecule has 0 aromatic carbocycles. The van der Waals surface area contributed by atoms with Crippen LogP contribution in [0.2, 0.25) is 0 Å². The second-order valence-electron chi connectivity index (χ2n) is 5.78. The van der Waals surface area contributed by atoms with E-state index in [0.717, 1.165) is 19.3 Å². The molecule has 1 heterocycles. The van der Waals surface area contributed by atoms with E-state index in [-0.39, 0.29) is 6.61 Å². The Hall–Kier alpha value is -0.610. The standard InChI is InChI=1S/C13H22O4/c1-10-4-2-5-12(8-10,11(14)15)13(16)6-3-7-17-9-13/h10,16H,2-9H2,1H3,(H,14,15). The zero-order valence-electron chi connectivity index (χ0n) is 10.4. The Labute approximate surface area is 102 Å². The number of rotatable bonds is 2. The Morgan fingerprint density at radius 2 is 2.12 bits per heavy atom. The fourth-order valence-corrected chi connectivity index (χ4v) is 3.52. The monoisotopic (exact) mass is 242 g/mol. The van der Waals surface area contributed by atoms with Crippen molar-refractivity contribution >= 4 is 5.97 Å². The molecule has 0 bridgehead atoms. The van der Waals surface area contributed by atoms with Crippen molar-refractivity contribution < 1.29 is 19.7 Å². The molecule has 4 heteroatoms. The van der Waals surface area contributed by atoms with E-state index in [0.29, 0.717) is 31.8 Å². The molecule has 0 spiro atoms. The number of carboxylic acids is 1. The van der Waals surface area contributed by atoms with Crippen LogP contribution < -0.4 is 0 Å². The summed E-state index contributed by atoms with van der Waals surface area (Å²) in [5.41, 5.74) is -2.17. The number of carboxylic acid groups (broad SMARTS) is 1. The average molecular weight is 242 g/mol. The second-order valence-corrected chi connectivity index (χ2v) is 5.78. The Balaban J connectivity index is 2.29. The van der Waals surface area contributed by atoms with Crippen molar-refractivity contribution in [1.82, 2.24) is 0 Å². The van der Waals surface area contributed by atoms with Gasteiger partial charge in [-0.1, -0.05) is 19.8 Å². The topological polar surface area (TPSA) is 66.8 Å². The fraction of sp³-hybridized carbons (Fsp3) is 0.923. The van der Waals surface area contributed by atoms with Gasteiger partial charge in [0.2, 0.25) is 0 Å². The summed E-state index contributed by atoms with van der Waals surface area (Å²) < 4.78 is 5.34. The molecule has 2 fully saturated rings. The molecule has 3 unspecified atom stereocenters. The van der Waals surface area contributed by atoms with Crippen LogP contribution >= 0.6 is 0 Å². The van der Waals surface area contributed by atoms with E-state index in [4.69, 9.17) is 4.74 Å². The number of hydrogen-bond acceptors (Lipinski definition) is 3. The molecular weight excluding hydrogens is 220 g/mol. The van der Waals surface area contributed by atoms with Gasteiger partial charge in [-0.3, -0.25) is 4.79 Å². The summed E-state index contributed by atoms with van der Waals surface area (Å²) in [6.07, 6.45) is 4.39. The van der Waals surface area contributed by atoms with Gasteiger partial charge >= 0.3 is 5.97 Å². The van der Waals surface area contributed by atoms with Crippen molar-refractivity contribution in [1.29, 1.82) is 0 Å². The van der Waals surface area contributed by atoms with Crippen LogP contribution in [0.5, 0.6) is 0 Å². The van der Waals surface area contributed by atoms with Gasteiger partial charge in [0.25, 0.3) is 0 Å². The first-order valence-electron chi connectivity index (χ1n) is 6.54. The molecule has 3 atom stereocenters. The third-order valence-corrected chi connectivity index (χ3v) is 4.52. The van der Waals surface area contributed by atoms with Gasteiger partial charge in [-0.2, -0.15) is 0 Å². The minimum absolute atomic E-state index is 0.173. The van der Waals surface area contributed by atoms with Gasteiger partial charge in [0, 0.05) is 6.61 Å². The Morgan fingerprint density at radius 1 is 1.35 bits per heavy atom. The van der Waals surface area contributed by atoms with E-state index in [2.05, 4.69) is 6.92 Å². The molecule has 4 nitrogen and oxygen atoms in total. The largest absolute Gasteiger partial charge is 0.481 e. The Bertz CT molecular complexity index is 296. The summed E-state index contributed by atoms with van der Waals surface area (Å²) in [7, 11) is 0. The minimum atomic E-state index is -1.17. The smallest absolute Gasteiger partial charge is 0.312 e. The van der Waals surface area contributed by atoms with E-state index < -0.39 is 17.0 Å². The van der Waals surface area contributed by atoms with Crippen LogP contribution in [0.4, 0.5) is 0 Å². The molecule has 1 aliphatic heterocycles. The van der Waals surface area contributed by atoms with Crippen LogP contribution in [-0.2, 0) is 9.53 Å². The van der Waals surface area contributed by atoms with Gasteiger partial charge in [0.1, 0.15) is 5.60 Å². The molecule has 0 aromatic heterocycles. The number of ether oxygens (including phenoxy) is 1. The van der Waals surface area contributed by atoms with Gasteiger partial charge in [-0.05, 0) is 31.6 Å². The van der Waals surface area contributed by atoms with Crippen molar-refractivity contribution in [2.24, 2.45) is 11.3 Å². The highest BCUT2D eigenvalue weighted by Crippen LogP contribution is 2.50. The molecule has 0 radical (unpaired) electrons. The maximum absolute atomic E-state index is 11.7. The predicted octanol–water partition coefficient (Wildman–Crippen LogP) is 1.81. The zero-order valence-corrected chi connectivity index (χ0v) is 10.4. The summed E-state index contributed by atoms with van der Waals surface area (Å²) in [4.78, 5) is 11.7. The molecule has 17 heavy (non-hydrogen) atoms. The highest BCUT2D eigenvalue weighted by molar-refractivity contribution is 5.76. The van der Waals surface area contributed by atoms with Crippen molar-refractivity contribution in [3.63, 3.8) is 0 Å². The maximum atomic E-state index is 11.7. The lowest BCUT2D eigenvalue weighted by atomic mass is 9.59. The molecule has 1 saturated heterocycles. The summed E-state index contributed by atoms with van der Waals surface area (Å²) >= 11 is 0. The minimum Gasteiger partial charge on any atom is -0.481 e. The highest BCUT2D eigenvalue weighted by atomic mass is 16.5. The number of aliphatic hydroxyl groups is 1. The van der Waals surface area contributed by atoms with E-state index in [9.17, 15) is 15.0 Å². The molecule has 1 saturated carbocycles. The van der Waals surface area contributed by atoms with Crippen LogP contribution in [-0.4, -0.2) is 35.0 Å². The molecule has 1 aliphatic carbocycles. The molecule has 2 rings (SSSR count). The normalized spacial score (nSPS) is 43.3. The molecule has 2 aliphatic rings. The lowest BCUT2D eigenvalue weighted by Crippen LogP contribution is -2.59. The Morgan fingerprint density at radius 3 is 2.65 bits per heavy atom. The van der Waals surface area contributed by atoms with Gasteiger partial charge in [-0.25, -0.2) is 0 Å². The molecule has 2 N–H and O–H groups in total. The number of aliphatic carboxylic acids is 1. The molecule has 0 aromatic rings. The SMILES string of the molecule is CC1CCCC(C(=O)O)(C2(O)CCCOC2)C1. The third-order valence-electron chi connectivity index (χ3n) is 4.52. The van der Waals surface area contributed by atoms with Gasteiger partial charge < -0.3 is 14.9 Å².